The summed E-state index contributed by atoms with van der Waals surface area (Å²) in [4.78, 5) is 13.1. The van der Waals surface area contributed by atoms with Crippen LogP contribution in [0.4, 0.5) is 0 Å². The predicted octanol–water partition coefficient (Wildman–Crippen LogP) is 4.71. The highest BCUT2D eigenvalue weighted by Gasteiger charge is 2.10. The highest BCUT2D eigenvalue weighted by Crippen LogP contribution is 2.37. The number of ether oxygens (including phenoxy) is 2. The molecule has 0 amide bonds. The van der Waals surface area contributed by atoms with E-state index in [1.807, 2.05) is 31.4 Å². The maximum absolute atomic E-state index is 11.9. The van der Waals surface area contributed by atoms with Crippen LogP contribution in [0.2, 0.25) is 0 Å². The van der Waals surface area contributed by atoms with Gasteiger partial charge in [-0.25, -0.2) is 0 Å². The molecule has 1 N–H and O–H groups in total. The summed E-state index contributed by atoms with van der Waals surface area (Å²) in [5.41, 5.74) is 0.680. The van der Waals surface area contributed by atoms with E-state index in [1.54, 1.807) is 23.5 Å². The Bertz CT molecular complexity index is 660. The molecule has 130 valence electrons. The molecule has 0 radical (unpaired) electrons. The molecule has 0 fully saturated rings. The van der Waals surface area contributed by atoms with E-state index in [-0.39, 0.29) is 17.3 Å². The van der Waals surface area contributed by atoms with E-state index < -0.39 is 0 Å². The number of ketones is 1. The summed E-state index contributed by atoms with van der Waals surface area (Å²) in [7, 11) is 2.96. The van der Waals surface area contributed by atoms with Gasteiger partial charge >= 0.3 is 0 Å². The number of allylic oxidation sites excluding steroid dienone is 1. The van der Waals surface area contributed by atoms with Crippen molar-refractivity contribution in [2.75, 3.05) is 14.2 Å². The van der Waals surface area contributed by atoms with Gasteiger partial charge in [-0.1, -0.05) is 26.0 Å². The van der Waals surface area contributed by atoms with Crippen molar-refractivity contribution in [2.45, 2.75) is 26.7 Å². The van der Waals surface area contributed by atoms with Crippen LogP contribution in [0.1, 0.15) is 30.7 Å². The van der Waals surface area contributed by atoms with Crippen LogP contribution in [0.5, 0.6) is 17.2 Å². The lowest BCUT2D eigenvalue weighted by atomic mass is 10.1. The Hall–Kier alpha value is -2.27. The van der Waals surface area contributed by atoms with Crippen LogP contribution in [0.25, 0.3) is 6.08 Å². The quantitative estimate of drug-likeness (QED) is 0.736. The number of phenolic OH excluding ortho intramolecular Hbond substituents is 1. The molecule has 0 aliphatic heterocycles. The molecule has 2 aromatic rings. The van der Waals surface area contributed by atoms with Gasteiger partial charge in [0.05, 0.1) is 14.2 Å². The average Bonchev–Trinajstić information content (AvgIpc) is 3.12. The van der Waals surface area contributed by atoms with Gasteiger partial charge in [0.15, 0.2) is 17.3 Å². The number of methoxy groups -OCH3 is 2. The van der Waals surface area contributed by atoms with Gasteiger partial charge < -0.3 is 14.6 Å². The Balaban J connectivity index is 0.00000139. The minimum Gasteiger partial charge on any atom is -0.504 e. The lowest BCUT2D eigenvalue weighted by Gasteiger charge is -2.10. The topological polar surface area (TPSA) is 55.8 Å². The SMILES string of the molecule is CC.COc1cc(/C=C/C(=O)CCc2cccs2)cc(O)c1OC. The fourth-order valence-electron chi connectivity index (χ4n) is 2.03. The number of hydrogen-bond donors (Lipinski definition) is 1. The van der Waals surface area contributed by atoms with E-state index in [0.717, 1.165) is 6.42 Å². The van der Waals surface area contributed by atoms with Crippen molar-refractivity contribution in [2.24, 2.45) is 0 Å². The summed E-state index contributed by atoms with van der Waals surface area (Å²) in [5, 5.41) is 11.9. The summed E-state index contributed by atoms with van der Waals surface area (Å²) in [6, 6.07) is 7.24. The molecule has 1 aromatic heterocycles. The molecule has 5 heteroatoms. The third kappa shape index (κ3) is 5.74. The smallest absolute Gasteiger partial charge is 0.203 e. The van der Waals surface area contributed by atoms with Gasteiger partial charge in [0, 0.05) is 11.3 Å². The zero-order valence-corrected chi connectivity index (χ0v) is 15.4. The fraction of sp³-hybridized carbons (Fsp3) is 0.316. The van der Waals surface area contributed by atoms with Crippen molar-refractivity contribution in [3.63, 3.8) is 0 Å². The molecular formula is C19H24O4S. The molecule has 0 saturated carbocycles. The molecule has 4 nitrogen and oxygen atoms in total. The molecule has 0 atom stereocenters. The first-order valence-corrected chi connectivity index (χ1v) is 8.70. The van der Waals surface area contributed by atoms with Gasteiger partial charge in [0.2, 0.25) is 5.75 Å². The number of thiophene rings is 1. The summed E-state index contributed by atoms with van der Waals surface area (Å²) in [5.74, 6) is 0.729. The number of rotatable bonds is 7. The van der Waals surface area contributed by atoms with Gasteiger partial charge in [-0.05, 0) is 41.6 Å². The summed E-state index contributed by atoms with van der Waals surface area (Å²) >= 11 is 1.65. The van der Waals surface area contributed by atoms with Crippen molar-refractivity contribution in [3.8, 4) is 17.2 Å². The zero-order chi connectivity index (χ0) is 17.9. The first-order valence-electron chi connectivity index (χ1n) is 7.82. The van der Waals surface area contributed by atoms with Gasteiger partial charge in [-0.3, -0.25) is 4.79 Å². The number of carbonyl (C=O) groups excluding carboxylic acids is 1. The highest BCUT2D eigenvalue weighted by atomic mass is 32.1. The summed E-state index contributed by atoms with van der Waals surface area (Å²) in [6.07, 6.45) is 4.40. The van der Waals surface area contributed by atoms with Gasteiger partial charge in [-0.15, -0.1) is 11.3 Å². The Morgan fingerprint density at radius 1 is 1.25 bits per heavy atom. The molecule has 0 spiro atoms. The van der Waals surface area contributed by atoms with E-state index in [4.69, 9.17) is 9.47 Å². The van der Waals surface area contributed by atoms with Crippen LogP contribution in [0.15, 0.2) is 35.7 Å². The number of carbonyl (C=O) groups is 1. The van der Waals surface area contributed by atoms with Crippen molar-refractivity contribution in [1.29, 1.82) is 0 Å². The summed E-state index contributed by atoms with van der Waals surface area (Å²) in [6.45, 7) is 4.00. The summed E-state index contributed by atoms with van der Waals surface area (Å²) < 4.78 is 10.2. The van der Waals surface area contributed by atoms with Crippen LogP contribution in [0.3, 0.4) is 0 Å². The van der Waals surface area contributed by atoms with Crippen LogP contribution in [-0.2, 0) is 11.2 Å². The van der Waals surface area contributed by atoms with Crippen LogP contribution < -0.4 is 9.47 Å². The number of aromatic hydroxyl groups is 1. The monoisotopic (exact) mass is 348 g/mol. The average molecular weight is 348 g/mol. The third-order valence-electron chi connectivity index (χ3n) is 3.14. The molecule has 2 rings (SSSR count). The second kappa shape index (κ2) is 10.5. The van der Waals surface area contributed by atoms with Crippen molar-refractivity contribution in [3.05, 3.63) is 46.2 Å². The van der Waals surface area contributed by atoms with E-state index in [2.05, 4.69) is 0 Å². The molecule has 0 aliphatic carbocycles. The van der Waals surface area contributed by atoms with E-state index in [9.17, 15) is 9.90 Å². The van der Waals surface area contributed by atoms with Gasteiger partial charge in [0.25, 0.3) is 0 Å². The first-order chi connectivity index (χ1) is 11.6. The molecule has 0 saturated heterocycles. The molecular weight excluding hydrogens is 324 g/mol. The molecule has 0 aliphatic rings. The second-order valence-electron chi connectivity index (χ2n) is 4.65. The standard InChI is InChI=1S/C17H18O4S.C2H6/c1-20-16-11-12(10-15(19)17(16)21-2)5-6-13(18)7-8-14-4-3-9-22-14;1-2/h3-6,9-11,19H,7-8H2,1-2H3;1-2H3/b6-5+;. The zero-order valence-electron chi connectivity index (χ0n) is 14.5. The van der Waals surface area contributed by atoms with Crippen LogP contribution in [-0.4, -0.2) is 25.1 Å². The number of phenols is 1. The lowest BCUT2D eigenvalue weighted by molar-refractivity contribution is -0.114. The Morgan fingerprint density at radius 3 is 2.58 bits per heavy atom. The number of benzene rings is 1. The minimum atomic E-state index is -0.0208. The maximum atomic E-state index is 11.9. The predicted molar refractivity (Wildman–Crippen MR) is 99.2 cm³/mol. The molecule has 0 bridgehead atoms. The van der Waals surface area contributed by atoms with Crippen LogP contribution in [0, 0.1) is 0 Å². The molecule has 1 aromatic carbocycles. The van der Waals surface area contributed by atoms with Crippen molar-refractivity contribution < 1.29 is 19.4 Å². The first kappa shape index (κ1) is 19.8. The van der Waals surface area contributed by atoms with Gasteiger partial charge in [-0.2, -0.15) is 0 Å². The Kier molecular flexibility index (Phi) is 8.65. The normalized spacial score (nSPS) is 10.2. The molecule has 0 unspecified atom stereocenters. The number of hydrogen-bond acceptors (Lipinski definition) is 5. The van der Waals surface area contributed by atoms with Crippen LogP contribution >= 0.6 is 11.3 Å². The van der Waals surface area contributed by atoms with Crippen molar-refractivity contribution in [1.82, 2.24) is 0 Å². The lowest BCUT2D eigenvalue weighted by Crippen LogP contribution is -1.95. The minimum absolute atomic E-state index is 0.0208. The highest BCUT2D eigenvalue weighted by molar-refractivity contribution is 7.09. The van der Waals surface area contributed by atoms with E-state index in [1.165, 1.54) is 31.2 Å². The second-order valence-corrected chi connectivity index (χ2v) is 5.69. The fourth-order valence-corrected chi connectivity index (χ4v) is 2.74. The van der Waals surface area contributed by atoms with E-state index in [0.29, 0.717) is 17.7 Å². The molecule has 24 heavy (non-hydrogen) atoms. The number of aryl methyl sites for hydroxylation is 1. The maximum Gasteiger partial charge on any atom is 0.203 e. The molecule has 1 heterocycles. The largest absolute Gasteiger partial charge is 0.504 e. The van der Waals surface area contributed by atoms with E-state index >= 15 is 0 Å². The van der Waals surface area contributed by atoms with Gasteiger partial charge in [0.1, 0.15) is 0 Å². The van der Waals surface area contributed by atoms with Crippen molar-refractivity contribution >= 4 is 23.2 Å². The third-order valence-corrected chi connectivity index (χ3v) is 4.08. The Labute approximate surface area is 147 Å². The Morgan fingerprint density at radius 2 is 2.00 bits per heavy atom.